The summed E-state index contributed by atoms with van der Waals surface area (Å²) in [6.45, 7) is 0.364. The maximum Gasteiger partial charge on any atom is 0.410 e. The molecule has 0 saturated carbocycles. The number of carbonyl (C=O) groups is 1. The zero-order chi connectivity index (χ0) is 24.1. The lowest BCUT2D eigenvalue weighted by atomic mass is 9.83. The summed E-state index contributed by atoms with van der Waals surface area (Å²) in [5, 5.41) is 0. The Morgan fingerprint density at radius 3 is 2.36 bits per heavy atom. The molecular formula is C31H27N3O2. The number of ether oxygens (including phenoxy) is 1. The van der Waals surface area contributed by atoms with E-state index in [4.69, 9.17) is 4.74 Å². The van der Waals surface area contributed by atoms with Gasteiger partial charge in [-0.25, -0.2) is 4.79 Å². The van der Waals surface area contributed by atoms with Gasteiger partial charge in [0.15, 0.2) is 0 Å². The molecule has 1 aromatic heterocycles. The van der Waals surface area contributed by atoms with Crippen molar-refractivity contribution in [1.29, 1.82) is 0 Å². The molecule has 4 aromatic rings. The molecule has 3 aromatic carbocycles. The number of aromatic nitrogens is 2. The van der Waals surface area contributed by atoms with Gasteiger partial charge in [-0.05, 0) is 71.2 Å². The van der Waals surface area contributed by atoms with Gasteiger partial charge in [-0.2, -0.15) is 0 Å². The van der Waals surface area contributed by atoms with E-state index in [9.17, 15) is 4.79 Å². The van der Waals surface area contributed by atoms with Crippen LogP contribution in [0.15, 0.2) is 85.2 Å². The number of nitrogens with zero attached hydrogens (tertiary/aromatic N) is 3. The van der Waals surface area contributed by atoms with Crippen LogP contribution in [0.1, 0.15) is 48.3 Å². The summed E-state index contributed by atoms with van der Waals surface area (Å²) in [5.41, 5.74) is 9.25. The summed E-state index contributed by atoms with van der Waals surface area (Å²) >= 11 is 0. The van der Waals surface area contributed by atoms with E-state index in [1.54, 1.807) is 12.4 Å². The molecule has 5 heteroatoms. The van der Waals surface area contributed by atoms with Gasteiger partial charge in [-0.15, -0.1) is 0 Å². The van der Waals surface area contributed by atoms with Crippen LogP contribution in [0, 0.1) is 0 Å². The number of amides is 1. The van der Waals surface area contributed by atoms with Gasteiger partial charge in [0.25, 0.3) is 0 Å². The van der Waals surface area contributed by atoms with Crippen molar-refractivity contribution in [3.05, 3.63) is 102 Å². The zero-order valence-electron chi connectivity index (χ0n) is 20.0. The first kappa shape index (κ1) is 21.3. The first-order chi connectivity index (χ1) is 17.8. The summed E-state index contributed by atoms with van der Waals surface area (Å²) in [6, 6.07) is 23.4. The Morgan fingerprint density at radius 1 is 0.889 bits per heavy atom. The van der Waals surface area contributed by atoms with Gasteiger partial charge in [-0.3, -0.25) is 14.9 Å². The molecule has 0 radical (unpaired) electrons. The topological polar surface area (TPSA) is 55.3 Å². The first-order valence-corrected chi connectivity index (χ1v) is 12.8. The smallest absolute Gasteiger partial charge is 0.410 e. The van der Waals surface area contributed by atoms with Gasteiger partial charge in [0.2, 0.25) is 0 Å². The lowest BCUT2D eigenvalue weighted by Gasteiger charge is -2.44. The second-order valence-electron chi connectivity index (χ2n) is 10.0. The number of rotatable bonds is 3. The van der Waals surface area contributed by atoms with E-state index in [-0.39, 0.29) is 24.1 Å². The molecule has 2 unspecified atom stereocenters. The fraction of sp³-hybridized carbons (Fsp3) is 0.258. The van der Waals surface area contributed by atoms with Gasteiger partial charge < -0.3 is 4.74 Å². The van der Waals surface area contributed by atoms with Crippen LogP contribution in [0.2, 0.25) is 0 Å². The molecule has 1 saturated heterocycles. The SMILES string of the molecule is O=C(OCC1c2ccccc2-c2ccccc21)N1C2C=C(c3ccc4nccnc4c3)CC1CCC2. The zero-order valence-corrected chi connectivity index (χ0v) is 20.0. The van der Waals surface area contributed by atoms with Gasteiger partial charge in [0, 0.05) is 24.4 Å². The van der Waals surface area contributed by atoms with Gasteiger partial charge in [0.05, 0.1) is 17.1 Å². The van der Waals surface area contributed by atoms with E-state index >= 15 is 0 Å². The van der Waals surface area contributed by atoms with Crippen LogP contribution in [0.25, 0.3) is 27.7 Å². The maximum absolute atomic E-state index is 13.5. The van der Waals surface area contributed by atoms with Crippen LogP contribution in [0.5, 0.6) is 0 Å². The summed E-state index contributed by atoms with van der Waals surface area (Å²) in [5.74, 6) is 0.0794. The lowest BCUT2D eigenvalue weighted by Crippen LogP contribution is -2.51. The molecule has 0 spiro atoms. The predicted molar refractivity (Wildman–Crippen MR) is 140 cm³/mol. The van der Waals surface area contributed by atoms with Crippen molar-refractivity contribution in [3.8, 4) is 11.1 Å². The second kappa shape index (κ2) is 8.59. The van der Waals surface area contributed by atoms with E-state index < -0.39 is 0 Å². The lowest BCUT2D eigenvalue weighted by molar-refractivity contribution is 0.0539. The van der Waals surface area contributed by atoms with E-state index in [1.165, 1.54) is 33.4 Å². The Balaban J connectivity index is 1.12. The standard InChI is InChI=1S/C31H27N3O2/c35-31(36-19-28-26-10-3-1-8-24(26)25-9-2-4-11-27(25)28)34-22-6-5-7-23(34)17-21(16-22)20-12-13-29-30(18-20)33-15-14-32-29/h1-4,8-16,18,22-23,28H,5-7,17,19H2. The summed E-state index contributed by atoms with van der Waals surface area (Å²) in [7, 11) is 0. The van der Waals surface area contributed by atoms with Gasteiger partial charge >= 0.3 is 6.09 Å². The molecule has 36 heavy (non-hydrogen) atoms. The highest BCUT2D eigenvalue weighted by atomic mass is 16.6. The number of hydrogen-bond donors (Lipinski definition) is 0. The van der Waals surface area contributed by atoms with E-state index in [0.717, 1.165) is 36.7 Å². The van der Waals surface area contributed by atoms with Crippen LogP contribution in [-0.2, 0) is 4.74 Å². The van der Waals surface area contributed by atoms with Gasteiger partial charge in [0.1, 0.15) is 6.61 Å². The predicted octanol–water partition coefficient (Wildman–Crippen LogP) is 6.59. The summed E-state index contributed by atoms with van der Waals surface area (Å²) in [6.07, 6.45) is 9.49. The number of piperidine rings is 1. The molecular weight excluding hydrogens is 446 g/mol. The highest BCUT2D eigenvalue weighted by molar-refractivity contribution is 5.82. The molecule has 2 atom stereocenters. The third-order valence-corrected chi connectivity index (χ3v) is 8.02. The number of fused-ring (bicyclic) bond motifs is 6. The van der Waals surface area contributed by atoms with Crippen molar-refractivity contribution < 1.29 is 9.53 Å². The van der Waals surface area contributed by atoms with Crippen molar-refractivity contribution in [2.75, 3.05) is 6.61 Å². The molecule has 2 aliphatic heterocycles. The molecule has 178 valence electrons. The van der Waals surface area contributed by atoms with Crippen LogP contribution < -0.4 is 0 Å². The third kappa shape index (κ3) is 3.49. The normalized spacial score (nSPS) is 20.6. The molecule has 7 rings (SSSR count). The second-order valence-corrected chi connectivity index (χ2v) is 10.0. The number of hydrogen-bond acceptors (Lipinski definition) is 4. The van der Waals surface area contributed by atoms with Crippen LogP contribution in [0.3, 0.4) is 0 Å². The van der Waals surface area contributed by atoms with E-state index in [2.05, 4.69) is 76.7 Å². The quantitative estimate of drug-likeness (QED) is 0.337. The average molecular weight is 474 g/mol. The van der Waals surface area contributed by atoms with Crippen molar-refractivity contribution >= 4 is 22.7 Å². The van der Waals surface area contributed by atoms with Gasteiger partial charge in [-0.1, -0.05) is 60.7 Å². The highest BCUT2D eigenvalue weighted by Gasteiger charge is 2.39. The Hall–Kier alpha value is -3.99. The Kier molecular flexibility index (Phi) is 5.09. The van der Waals surface area contributed by atoms with Crippen LogP contribution in [-0.4, -0.2) is 39.7 Å². The highest BCUT2D eigenvalue weighted by Crippen LogP contribution is 2.45. The fourth-order valence-corrected chi connectivity index (χ4v) is 6.36. The number of benzene rings is 3. The Labute approximate surface area is 210 Å². The largest absolute Gasteiger partial charge is 0.448 e. The maximum atomic E-state index is 13.5. The third-order valence-electron chi connectivity index (χ3n) is 8.02. The Morgan fingerprint density at radius 2 is 1.61 bits per heavy atom. The van der Waals surface area contributed by atoms with Crippen molar-refractivity contribution in [1.82, 2.24) is 14.9 Å². The molecule has 1 aliphatic carbocycles. The summed E-state index contributed by atoms with van der Waals surface area (Å²) in [4.78, 5) is 24.3. The number of carbonyl (C=O) groups excluding carboxylic acids is 1. The molecule has 2 bridgehead atoms. The molecule has 1 fully saturated rings. The summed E-state index contributed by atoms with van der Waals surface area (Å²) < 4.78 is 6.05. The molecule has 3 aliphatic rings. The molecule has 0 N–H and O–H groups in total. The monoisotopic (exact) mass is 473 g/mol. The Bertz CT molecular complexity index is 1470. The average Bonchev–Trinajstić information content (AvgIpc) is 3.24. The first-order valence-electron chi connectivity index (χ1n) is 12.8. The van der Waals surface area contributed by atoms with Crippen molar-refractivity contribution in [2.45, 2.75) is 43.7 Å². The minimum atomic E-state index is -0.189. The van der Waals surface area contributed by atoms with Crippen LogP contribution >= 0.6 is 0 Å². The van der Waals surface area contributed by atoms with Crippen LogP contribution in [0.4, 0.5) is 4.79 Å². The van der Waals surface area contributed by atoms with E-state index in [0.29, 0.717) is 6.61 Å². The fourth-order valence-electron chi connectivity index (χ4n) is 6.36. The molecule has 1 amide bonds. The molecule has 3 heterocycles. The van der Waals surface area contributed by atoms with Crippen molar-refractivity contribution in [2.24, 2.45) is 0 Å². The molecule has 5 nitrogen and oxygen atoms in total. The van der Waals surface area contributed by atoms with Crippen molar-refractivity contribution in [3.63, 3.8) is 0 Å². The minimum absolute atomic E-state index is 0.0701. The minimum Gasteiger partial charge on any atom is -0.448 e. The van der Waals surface area contributed by atoms with E-state index in [1.807, 2.05) is 11.0 Å².